The highest BCUT2D eigenvalue weighted by Crippen LogP contribution is 2.16. The fourth-order valence-electron chi connectivity index (χ4n) is 1.22. The van der Waals surface area contributed by atoms with Crippen molar-refractivity contribution in [3.05, 3.63) is 37.4 Å². The van der Waals surface area contributed by atoms with Crippen molar-refractivity contribution in [2.45, 2.75) is 0 Å². The first kappa shape index (κ1) is 8.62. The normalized spacial score (nSPS) is 10.0. The highest BCUT2D eigenvalue weighted by atomic mass is 15.0. The number of fused-ring (bicyclic) bond motifs is 1. The van der Waals surface area contributed by atoms with E-state index in [1.54, 1.807) is 18.5 Å². The van der Waals surface area contributed by atoms with Crippen LogP contribution in [0.5, 0.6) is 0 Å². The molecular weight excluding hydrogens is 176 g/mol. The van der Waals surface area contributed by atoms with E-state index in [1.807, 2.05) is 6.07 Å². The summed E-state index contributed by atoms with van der Waals surface area (Å²) in [7, 11) is 0. The summed E-state index contributed by atoms with van der Waals surface area (Å²) in [4.78, 5) is 12.3. The predicted octanol–water partition coefficient (Wildman–Crippen LogP) is 1.62. The summed E-state index contributed by atoms with van der Waals surface area (Å²) in [5, 5.41) is 4.12. The Bertz CT molecular complexity index is 447. The molecule has 1 N–H and O–H groups in total. The van der Waals surface area contributed by atoms with Gasteiger partial charge in [-0.05, 0) is 6.07 Å². The standard InChI is InChI=1S/C10H10N4/c1-2-4-12-10-8-3-5-11-6-9(8)13-7-14-10/h2-3,5-7H,1,4H2,(H,12,13,14). The molecular formula is C10H10N4. The lowest BCUT2D eigenvalue weighted by Gasteiger charge is -2.04. The summed E-state index contributed by atoms with van der Waals surface area (Å²) >= 11 is 0. The minimum atomic E-state index is 0.689. The zero-order valence-electron chi connectivity index (χ0n) is 7.64. The van der Waals surface area contributed by atoms with Crippen LogP contribution in [0.4, 0.5) is 5.82 Å². The Hall–Kier alpha value is -1.97. The van der Waals surface area contributed by atoms with Gasteiger partial charge >= 0.3 is 0 Å². The van der Waals surface area contributed by atoms with E-state index in [0.29, 0.717) is 6.54 Å². The van der Waals surface area contributed by atoms with E-state index in [0.717, 1.165) is 16.7 Å². The van der Waals surface area contributed by atoms with Gasteiger partial charge in [-0.3, -0.25) is 4.98 Å². The molecule has 4 heteroatoms. The maximum Gasteiger partial charge on any atom is 0.137 e. The quantitative estimate of drug-likeness (QED) is 0.740. The van der Waals surface area contributed by atoms with Gasteiger partial charge < -0.3 is 5.32 Å². The molecule has 0 saturated carbocycles. The average Bonchev–Trinajstić information content (AvgIpc) is 2.26. The Morgan fingerprint density at radius 2 is 2.36 bits per heavy atom. The summed E-state index contributed by atoms with van der Waals surface area (Å²) in [6.45, 7) is 4.33. The van der Waals surface area contributed by atoms with Gasteiger partial charge in [0.05, 0.1) is 11.7 Å². The predicted molar refractivity (Wildman–Crippen MR) is 56.0 cm³/mol. The molecule has 0 aliphatic rings. The van der Waals surface area contributed by atoms with E-state index in [-0.39, 0.29) is 0 Å². The fraction of sp³-hybridized carbons (Fsp3) is 0.100. The Labute approximate surface area is 81.7 Å². The number of anilines is 1. The maximum atomic E-state index is 4.15. The maximum absolute atomic E-state index is 4.15. The van der Waals surface area contributed by atoms with Crippen molar-refractivity contribution < 1.29 is 0 Å². The molecule has 0 radical (unpaired) electrons. The summed E-state index contributed by atoms with van der Waals surface area (Å²) in [5.74, 6) is 0.817. The smallest absolute Gasteiger partial charge is 0.137 e. The Morgan fingerprint density at radius 3 is 3.21 bits per heavy atom. The molecule has 14 heavy (non-hydrogen) atoms. The number of rotatable bonds is 3. The third kappa shape index (κ3) is 1.54. The van der Waals surface area contributed by atoms with E-state index in [9.17, 15) is 0 Å². The van der Waals surface area contributed by atoms with Crippen LogP contribution < -0.4 is 5.32 Å². The molecule has 0 bridgehead atoms. The van der Waals surface area contributed by atoms with E-state index in [2.05, 4.69) is 26.8 Å². The van der Waals surface area contributed by atoms with Crippen LogP contribution in [0.1, 0.15) is 0 Å². The first-order valence-electron chi connectivity index (χ1n) is 4.31. The van der Waals surface area contributed by atoms with E-state index in [4.69, 9.17) is 0 Å². The first-order valence-corrected chi connectivity index (χ1v) is 4.31. The molecule has 70 valence electrons. The SMILES string of the molecule is C=CCNc1ncnc2cnccc12. The van der Waals surface area contributed by atoms with Gasteiger partial charge in [0.2, 0.25) is 0 Å². The van der Waals surface area contributed by atoms with Gasteiger partial charge in [-0.1, -0.05) is 6.08 Å². The van der Waals surface area contributed by atoms with E-state index in [1.165, 1.54) is 6.33 Å². The average molecular weight is 186 g/mol. The van der Waals surface area contributed by atoms with Crippen LogP contribution in [-0.2, 0) is 0 Å². The number of hydrogen-bond donors (Lipinski definition) is 1. The van der Waals surface area contributed by atoms with Gasteiger partial charge in [0.25, 0.3) is 0 Å². The number of hydrogen-bond acceptors (Lipinski definition) is 4. The zero-order valence-corrected chi connectivity index (χ0v) is 7.64. The third-order valence-corrected chi connectivity index (χ3v) is 1.85. The summed E-state index contributed by atoms with van der Waals surface area (Å²) in [5.41, 5.74) is 0.842. The largest absolute Gasteiger partial charge is 0.366 e. The lowest BCUT2D eigenvalue weighted by molar-refractivity contribution is 1.17. The third-order valence-electron chi connectivity index (χ3n) is 1.85. The molecule has 0 fully saturated rings. The minimum absolute atomic E-state index is 0.689. The Balaban J connectivity index is 2.48. The number of nitrogens with one attached hydrogen (secondary N) is 1. The highest BCUT2D eigenvalue weighted by molar-refractivity contribution is 5.87. The molecule has 0 aromatic carbocycles. The first-order chi connectivity index (χ1) is 6.92. The second-order valence-corrected chi connectivity index (χ2v) is 2.78. The van der Waals surface area contributed by atoms with Crippen molar-refractivity contribution in [3.63, 3.8) is 0 Å². The number of aromatic nitrogens is 3. The van der Waals surface area contributed by atoms with Crippen LogP contribution in [0, 0.1) is 0 Å². The van der Waals surface area contributed by atoms with Crippen molar-refractivity contribution in [2.75, 3.05) is 11.9 Å². The molecule has 0 saturated heterocycles. The van der Waals surface area contributed by atoms with Crippen LogP contribution in [0.25, 0.3) is 10.9 Å². The van der Waals surface area contributed by atoms with Crippen molar-refractivity contribution in [2.24, 2.45) is 0 Å². The lowest BCUT2D eigenvalue weighted by atomic mass is 10.3. The number of nitrogens with zero attached hydrogens (tertiary/aromatic N) is 3. The minimum Gasteiger partial charge on any atom is -0.366 e. The van der Waals surface area contributed by atoms with Crippen LogP contribution in [-0.4, -0.2) is 21.5 Å². The van der Waals surface area contributed by atoms with Gasteiger partial charge in [-0.25, -0.2) is 9.97 Å². The van der Waals surface area contributed by atoms with Gasteiger partial charge in [0.15, 0.2) is 0 Å². The Morgan fingerprint density at radius 1 is 1.43 bits per heavy atom. The Kier molecular flexibility index (Phi) is 2.36. The topological polar surface area (TPSA) is 50.7 Å². The molecule has 0 spiro atoms. The molecule has 0 aliphatic heterocycles. The van der Waals surface area contributed by atoms with Gasteiger partial charge in [-0.15, -0.1) is 6.58 Å². The fourth-order valence-corrected chi connectivity index (χ4v) is 1.22. The van der Waals surface area contributed by atoms with Gasteiger partial charge in [0, 0.05) is 18.1 Å². The van der Waals surface area contributed by atoms with Crippen molar-refractivity contribution in [3.8, 4) is 0 Å². The second-order valence-electron chi connectivity index (χ2n) is 2.78. The van der Waals surface area contributed by atoms with Crippen LogP contribution in [0.15, 0.2) is 37.4 Å². The van der Waals surface area contributed by atoms with Gasteiger partial charge in [0.1, 0.15) is 12.1 Å². The molecule has 0 aliphatic carbocycles. The lowest BCUT2D eigenvalue weighted by Crippen LogP contribution is -2.01. The highest BCUT2D eigenvalue weighted by Gasteiger charge is 2.00. The summed E-state index contributed by atoms with van der Waals surface area (Å²) < 4.78 is 0. The molecule has 2 aromatic rings. The van der Waals surface area contributed by atoms with Gasteiger partial charge in [-0.2, -0.15) is 0 Å². The van der Waals surface area contributed by atoms with Crippen molar-refractivity contribution in [1.82, 2.24) is 15.0 Å². The zero-order chi connectivity index (χ0) is 9.80. The van der Waals surface area contributed by atoms with Crippen molar-refractivity contribution >= 4 is 16.7 Å². The number of pyridine rings is 1. The molecule has 2 rings (SSSR count). The van der Waals surface area contributed by atoms with Crippen LogP contribution in [0.2, 0.25) is 0 Å². The van der Waals surface area contributed by atoms with E-state index < -0.39 is 0 Å². The van der Waals surface area contributed by atoms with Crippen molar-refractivity contribution in [1.29, 1.82) is 0 Å². The van der Waals surface area contributed by atoms with Crippen LogP contribution >= 0.6 is 0 Å². The van der Waals surface area contributed by atoms with Crippen LogP contribution in [0.3, 0.4) is 0 Å². The molecule has 4 nitrogen and oxygen atoms in total. The summed E-state index contributed by atoms with van der Waals surface area (Å²) in [6.07, 6.45) is 6.76. The molecule has 0 atom stereocenters. The second kappa shape index (κ2) is 3.83. The molecule has 0 amide bonds. The summed E-state index contributed by atoms with van der Waals surface area (Å²) in [6, 6.07) is 1.89. The molecule has 2 heterocycles. The molecule has 0 unspecified atom stereocenters. The van der Waals surface area contributed by atoms with E-state index >= 15 is 0 Å². The monoisotopic (exact) mass is 186 g/mol. The molecule has 2 aromatic heterocycles.